The van der Waals surface area contributed by atoms with Crippen molar-refractivity contribution in [2.24, 2.45) is 0 Å². The maximum Gasteiger partial charge on any atom is 0.260 e. The van der Waals surface area contributed by atoms with Gasteiger partial charge in [0.1, 0.15) is 9.96 Å². The minimum atomic E-state index is -3.47. The molecule has 0 N–H and O–H groups in total. The highest BCUT2D eigenvalue weighted by Crippen LogP contribution is 2.25. The van der Waals surface area contributed by atoms with Gasteiger partial charge >= 0.3 is 0 Å². The molecule has 1 aromatic carbocycles. The number of hydrogen-bond acceptors (Lipinski definition) is 5. The van der Waals surface area contributed by atoms with Gasteiger partial charge in [0.2, 0.25) is 0 Å². The Morgan fingerprint density at radius 2 is 1.77 bits per heavy atom. The average Bonchev–Trinajstić information content (AvgIpc) is 3.08. The normalized spacial score (nSPS) is 15.8. The topological polar surface area (TPSA) is 66.9 Å². The summed E-state index contributed by atoms with van der Waals surface area (Å²) in [7, 11) is -3.47. The first-order valence-electron chi connectivity index (χ1n) is 8.41. The molecule has 0 saturated carbocycles. The molecular formula is C18H22N2O4S2. The Morgan fingerprint density at radius 3 is 2.38 bits per heavy atom. The smallest absolute Gasteiger partial charge is 0.260 e. The van der Waals surface area contributed by atoms with E-state index in [1.54, 1.807) is 17.0 Å². The van der Waals surface area contributed by atoms with Crippen molar-refractivity contribution in [1.29, 1.82) is 0 Å². The zero-order chi connectivity index (χ0) is 18.7. The van der Waals surface area contributed by atoms with Gasteiger partial charge in [-0.05, 0) is 37.6 Å². The van der Waals surface area contributed by atoms with Gasteiger partial charge in [0, 0.05) is 31.1 Å². The fraction of sp³-hybridized carbons (Fsp3) is 0.389. The fourth-order valence-corrected chi connectivity index (χ4v) is 5.66. The first-order chi connectivity index (χ1) is 12.4. The summed E-state index contributed by atoms with van der Waals surface area (Å²) in [6.07, 6.45) is 0. The summed E-state index contributed by atoms with van der Waals surface area (Å²) in [5.74, 6) is 0.562. The standard InChI is InChI=1S/C18H22N2O4S2/c1-14-5-3-4-6-16(14)24-13-17(21)19-9-11-20(12-10-19)26(22,23)18-8-7-15(2)25-18/h3-8H,9-13H2,1-2H3. The van der Waals surface area contributed by atoms with Crippen LogP contribution in [-0.2, 0) is 14.8 Å². The molecule has 2 heterocycles. The number of benzene rings is 1. The lowest BCUT2D eigenvalue weighted by molar-refractivity contribution is -0.134. The van der Waals surface area contributed by atoms with Crippen molar-refractivity contribution in [2.75, 3.05) is 32.8 Å². The lowest BCUT2D eigenvalue weighted by Crippen LogP contribution is -2.51. The Labute approximate surface area is 158 Å². The third-order valence-electron chi connectivity index (χ3n) is 4.35. The number of amides is 1. The second-order valence-corrected chi connectivity index (χ2v) is 9.66. The van der Waals surface area contributed by atoms with Crippen LogP contribution in [0.15, 0.2) is 40.6 Å². The zero-order valence-electron chi connectivity index (χ0n) is 14.8. The van der Waals surface area contributed by atoms with Crippen LogP contribution in [0.5, 0.6) is 5.75 Å². The summed E-state index contributed by atoms with van der Waals surface area (Å²) >= 11 is 1.27. The van der Waals surface area contributed by atoms with Gasteiger partial charge in [0.15, 0.2) is 6.61 Å². The van der Waals surface area contributed by atoms with Crippen molar-refractivity contribution in [3.8, 4) is 5.75 Å². The summed E-state index contributed by atoms with van der Waals surface area (Å²) in [4.78, 5) is 15.0. The minimum absolute atomic E-state index is 0.0400. The first kappa shape index (κ1) is 18.9. The molecule has 0 bridgehead atoms. The average molecular weight is 395 g/mol. The van der Waals surface area contributed by atoms with Gasteiger partial charge in [0.05, 0.1) is 0 Å². The van der Waals surface area contributed by atoms with E-state index in [1.165, 1.54) is 15.6 Å². The maximum absolute atomic E-state index is 12.6. The van der Waals surface area contributed by atoms with Crippen molar-refractivity contribution < 1.29 is 17.9 Å². The number of sulfonamides is 1. The van der Waals surface area contributed by atoms with Gasteiger partial charge in [-0.1, -0.05) is 18.2 Å². The van der Waals surface area contributed by atoms with Gasteiger partial charge in [0.25, 0.3) is 15.9 Å². The van der Waals surface area contributed by atoms with E-state index < -0.39 is 10.0 Å². The van der Waals surface area contributed by atoms with Crippen LogP contribution < -0.4 is 4.74 Å². The maximum atomic E-state index is 12.6. The second kappa shape index (κ2) is 7.77. The molecule has 1 aliphatic rings. The number of thiophene rings is 1. The van der Waals surface area contributed by atoms with Gasteiger partial charge in [-0.3, -0.25) is 4.79 Å². The number of nitrogens with zero attached hydrogens (tertiary/aromatic N) is 2. The first-order valence-corrected chi connectivity index (χ1v) is 10.7. The number of piperazine rings is 1. The van der Waals surface area contributed by atoms with Crippen LogP contribution in [-0.4, -0.2) is 56.3 Å². The highest BCUT2D eigenvalue weighted by atomic mass is 32.2. The molecule has 0 radical (unpaired) electrons. The molecule has 0 unspecified atom stereocenters. The lowest BCUT2D eigenvalue weighted by atomic mass is 10.2. The molecule has 3 rings (SSSR count). The van der Waals surface area contributed by atoms with Gasteiger partial charge in [-0.25, -0.2) is 8.42 Å². The van der Waals surface area contributed by atoms with Gasteiger partial charge in [-0.15, -0.1) is 11.3 Å². The molecular weight excluding hydrogens is 372 g/mol. The SMILES string of the molecule is Cc1ccc(S(=O)(=O)N2CCN(C(=O)COc3ccccc3C)CC2)s1. The van der Waals surface area contributed by atoms with E-state index >= 15 is 0 Å². The molecule has 1 aliphatic heterocycles. The van der Waals surface area contributed by atoms with E-state index in [0.29, 0.717) is 36.1 Å². The van der Waals surface area contributed by atoms with Crippen LogP contribution >= 0.6 is 11.3 Å². The summed E-state index contributed by atoms with van der Waals surface area (Å²) in [6.45, 7) is 5.12. The van der Waals surface area contributed by atoms with Gasteiger partial charge in [-0.2, -0.15) is 4.31 Å². The molecule has 0 aliphatic carbocycles. The van der Waals surface area contributed by atoms with Crippen LogP contribution in [0.1, 0.15) is 10.4 Å². The third-order valence-corrected chi connectivity index (χ3v) is 7.71. The lowest BCUT2D eigenvalue weighted by Gasteiger charge is -2.33. The van der Waals surface area contributed by atoms with Crippen LogP contribution in [0.4, 0.5) is 0 Å². The van der Waals surface area contributed by atoms with Crippen molar-refractivity contribution in [1.82, 2.24) is 9.21 Å². The van der Waals surface area contributed by atoms with Crippen LogP contribution in [0.2, 0.25) is 0 Å². The van der Waals surface area contributed by atoms with Crippen LogP contribution in [0.3, 0.4) is 0 Å². The largest absolute Gasteiger partial charge is 0.484 e. The molecule has 1 saturated heterocycles. The van der Waals surface area contributed by atoms with Crippen LogP contribution in [0.25, 0.3) is 0 Å². The highest BCUT2D eigenvalue weighted by Gasteiger charge is 2.31. The van der Waals surface area contributed by atoms with E-state index in [4.69, 9.17) is 4.74 Å². The van der Waals surface area contributed by atoms with E-state index in [-0.39, 0.29) is 12.5 Å². The predicted octanol–water partition coefficient (Wildman–Crippen LogP) is 2.28. The Hall–Kier alpha value is -1.90. The zero-order valence-corrected chi connectivity index (χ0v) is 16.5. The molecule has 8 heteroatoms. The summed E-state index contributed by atoms with van der Waals surface area (Å²) in [5, 5.41) is 0. The Kier molecular flexibility index (Phi) is 5.64. The third kappa shape index (κ3) is 4.08. The molecule has 26 heavy (non-hydrogen) atoms. The number of ether oxygens (including phenoxy) is 1. The highest BCUT2D eigenvalue weighted by molar-refractivity contribution is 7.91. The summed E-state index contributed by atoms with van der Waals surface area (Å²) in [6, 6.07) is 11.0. The van der Waals surface area contributed by atoms with Crippen molar-refractivity contribution in [3.63, 3.8) is 0 Å². The van der Waals surface area contributed by atoms with Gasteiger partial charge < -0.3 is 9.64 Å². The monoisotopic (exact) mass is 394 g/mol. The quantitative estimate of drug-likeness (QED) is 0.780. The van der Waals surface area contributed by atoms with Crippen molar-refractivity contribution in [2.45, 2.75) is 18.1 Å². The minimum Gasteiger partial charge on any atom is -0.484 e. The van der Waals surface area contributed by atoms with E-state index in [0.717, 1.165) is 10.4 Å². The fourth-order valence-electron chi connectivity index (χ4n) is 2.80. The summed E-state index contributed by atoms with van der Waals surface area (Å²) < 4.78 is 32.7. The predicted molar refractivity (Wildman–Crippen MR) is 101 cm³/mol. The van der Waals surface area contributed by atoms with Crippen molar-refractivity contribution >= 4 is 27.3 Å². The second-order valence-electron chi connectivity index (χ2n) is 6.20. The van der Waals surface area contributed by atoms with E-state index in [9.17, 15) is 13.2 Å². The molecule has 1 amide bonds. The Bertz CT molecular complexity index is 884. The number of rotatable bonds is 5. The Morgan fingerprint density at radius 1 is 1.08 bits per heavy atom. The van der Waals surface area contributed by atoms with E-state index in [1.807, 2.05) is 38.1 Å². The molecule has 1 fully saturated rings. The molecule has 0 atom stereocenters. The Balaban J connectivity index is 1.55. The molecule has 140 valence electrons. The number of carbonyl (C=O) groups is 1. The molecule has 0 spiro atoms. The molecule has 1 aromatic heterocycles. The van der Waals surface area contributed by atoms with Crippen molar-refractivity contribution in [3.05, 3.63) is 46.8 Å². The number of para-hydroxylation sites is 1. The van der Waals surface area contributed by atoms with E-state index in [2.05, 4.69) is 0 Å². The molecule has 2 aromatic rings. The summed E-state index contributed by atoms with van der Waals surface area (Å²) in [5.41, 5.74) is 0.974. The number of aryl methyl sites for hydroxylation is 2. The molecule has 6 nitrogen and oxygen atoms in total. The number of carbonyl (C=O) groups excluding carboxylic acids is 1. The van der Waals surface area contributed by atoms with Crippen LogP contribution in [0, 0.1) is 13.8 Å². The number of hydrogen-bond donors (Lipinski definition) is 0.